The molecule has 3 aromatic rings. The van der Waals surface area contributed by atoms with Crippen molar-refractivity contribution in [2.45, 2.75) is 91.1 Å². The van der Waals surface area contributed by atoms with Gasteiger partial charge in [-0.3, -0.25) is 0 Å². The third-order valence-electron chi connectivity index (χ3n) is 7.08. The smallest absolute Gasteiger partial charge is 0.661 e. The zero-order valence-electron chi connectivity index (χ0n) is 23.0. The van der Waals surface area contributed by atoms with Crippen LogP contribution in [0.25, 0.3) is 10.9 Å². The molecular weight excluding hydrogens is 530 g/mol. The second-order valence-corrected chi connectivity index (χ2v) is 10.1. The van der Waals surface area contributed by atoms with Crippen LogP contribution in [0.2, 0.25) is 0 Å². The van der Waals surface area contributed by atoms with Gasteiger partial charge in [0, 0.05) is 0 Å². The molecule has 37 heavy (non-hydrogen) atoms. The number of aliphatic hydroxyl groups is 1. The summed E-state index contributed by atoms with van der Waals surface area (Å²) in [5, 5.41) is 16.0. The van der Waals surface area contributed by atoms with E-state index in [2.05, 4.69) is 26.0 Å². The molecular formula is C34H44NOZr+2. The zero-order chi connectivity index (χ0) is 25.6. The van der Waals surface area contributed by atoms with Crippen LogP contribution in [0, 0.1) is 13.8 Å². The molecule has 2 aliphatic rings. The van der Waals surface area contributed by atoms with Crippen LogP contribution in [0.5, 0.6) is 0 Å². The Morgan fingerprint density at radius 3 is 1.46 bits per heavy atom. The van der Waals surface area contributed by atoms with Gasteiger partial charge in [0.15, 0.2) is 0 Å². The second kappa shape index (κ2) is 17.5. The van der Waals surface area contributed by atoms with Crippen LogP contribution in [0.1, 0.15) is 99.5 Å². The van der Waals surface area contributed by atoms with E-state index in [9.17, 15) is 5.11 Å². The number of aliphatic hydroxyl groups excluding tert-OH is 1. The van der Waals surface area contributed by atoms with E-state index in [1.807, 2.05) is 73.7 Å². The summed E-state index contributed by atoms with van der Waals surface area (Å²) in [4.78, 5) is 0. The number of hydrogen-bond donors (Lipinski definition) is 1. The molecule has 193 valence electrons. The van der Waals surface area contributed by atoms with Crippen molar-refractivity contribution in [2.24, 2.45) is 0 Å². The van der Waals surface area contributed by atoms with Crippen LogP contribution in [0.3, 0.4) is 0 Å². The van der Waals surface area contributed by atoms with Crippen molar-refractivity contribution in [3.8, 4) is 0 Å². The Morgan fingerprint density at radius 1 is 0.622 bits per heavy atom. The average molecular weight is 574 g/mol. The van der Waals surface area contributed by atoms with Gasteiger partial charge in [-0.25, -0.2) is 0 Å². The van der Waals surface area contributed by atoms with E-state index in [0.29, 0.717) is 0 Å². The van der Waals surface area contributed by atoms with Crippen molar-refractivity contribution in [1.82, 2.24) is 0 Å². The maximum atomic E-state index is 11.1. The molecule has 2 fully saturated rings. The molecule has 1 radical (unpaired) electrons. The quantitative estimate of drug-likeness (QED) is 0.324. The van der Waals surface area contributed by atoms with Gasteiger partial charge < -0.3 is 10.4 Å². The van der Waals surface area contributed by atoms with Crippen molar-refractivity contribution < 1.29 is 31.3 Å². The maximum Gasteiger partial charge on any atom is 3.00 e. The van der Waals surface area contributed by atoms with Gasteiger partial charge in [0.2, 0.25) is 0 Å². The number of nitrogens with zero attached hydrogens (tertiary/aromatic N) is 1. The van der Waals surface area contributed by atoms with Gasteiger partial charge in [-0.2, -0.15) is 5.70 Å². The SMILES string of the molecule is C/C([N-]c1c(C)cccc1C)=C(\c1ccccc1)C(O)c1ccccc1.C1CCCC1.C1CCCC1.[Zr+3]. The van der Waals surface area contributed by atoms with E-state index in [1.165, 1.54) is 64.2 Å². The summed E-state index contributed by atoms with van der Waals surface area (Å²) >= 11 is 0. The van der Waals surface area contributed by atoms with E-state index >= 15 is 0 Å². The first-order valence-corrected chi connectivity index (χ1v) is 13.8. The topological polar surface area (TPSA) is 34.3 Å². The van der Waals surface area contributed by atoms with Crippen molar-refractivity contribution in [1.29, 1.82) is 0 Å². The summed E-state index contributed by atoms with van der Waals surface area (Å²) in [7, 11) is 0. The molecule has 0 aliphatic heterocycles. The van der Waals surface area contributed by atoms with Gasteiger partial charge in [0.25, 0.3) is 0 Å². The Balaban J connectivity index is 0.000000362. The number of para-hydroxylation sites is 1. The molecule has 0 bridgehead atoms. The third-order valence-corrected chi connectivity index (χ3v) is 7.08. The van der Waals surface area contributed by atoms with E-state index in [0.717, 1.165) is 39.2 Å². The normalized spacial score (nSPS) is 15.7. The fourth-order valence-corrected chi connectivity index (χ4v) is 4.96. The monoisotopic (exact) mass is 572 g/mol. The number of rotatable bonds is 5. The molecule has 1 N–H and O–H groups in total. The summed E-state index contributed by atoms with van der Waals surface area (Å²) in [5.41, 5.74) is 6.73. The van der Waals surface area contributed by atoms with Crippen LogP contribution in [0.4, 0.5) is 5.69 Å². The Bertz CT molecular complexity index is 1010. The van der Waals surface area contributed by atoms with Gasteiger partial charge in [-0.1, -0.05) is 161 Å². The van der Waals surface area contributed by atoms with E-state index < -0.39 is 6.10 Å². The van der Waals surface area contributed by atoms with Gasteiger partial charge in [-0.05, 0) is 30.5 Å². The third kappa shape index (κ3) is 10.4. The summed E-state index contributed by atoms with van der Waals surface area (Å²) in [6.07, 6.45) is 14.3. The summed E-state index contributed by atoms with van der Waals surface area (Å²) in [5.74, 6) is 0. The summed E-state index contributed by atoms with van der Waals surface area (Å²) in [6.45, 7) is 6.10. The number of hydrogen-bond acceptors (Lipinski definition) is 1. The molecule has 0 heterocycles. The fraction of sp³-hybridized carbons (Fsp3) is 0.412. The molecule has 0 amide bonds. The van der Waals surface area contributed by atoms with Crippen molar-refractivity contribution in [3.63, 3.8) is 0 Å². The minimum Gasteiger partial charge on any atom is -0.661 e. The fourth-order valence-electron chi connectivity index (χ4n) is 4.96. The van der Waals surface area contributed by atoms with Gasteiger partial charge in [0.05, 0.1) is 0 Å². The minimum absolute atomic E-state index is 0. The van der Waals surface area contributed by atoms with E-state index in [4.69, 9.17) is 5.32 Å². The van der Waals surface area contributed by atoms with Crippen LogP contribution in [0.15, 0.2) is 84.6 Å². The Morgan fingerprint density at radius 2 is 1.03 bits per heavy atom. The molecule has 3 heteroatoms. The zero-order valence-corrected chi connectivity index (χ0v) is 25.5. The first-order valence-electron chi connectivity index (χ1n) is 13.8. The largest absolute Gasteiger partial charge is 3.00 e. The van der Waals surface area contributed by atoms with Crippen LogP contribution in [-0.4, -0.2) is 5.11 Å². The molecule has 0 saturated heterocycles. The summed E-state index contributed by atoms with van der Waals surface area (Å²) in [6, 6.07) is 25.9. The van der Waals surface area contributed by atoms with Crippen molar-refractivity contribution in [2.75, 3.05) is 0 Å². The Kier molecular flexibility index (Phi) is 14.8. The van der Waals surface area contributed by atoms with E-state index in [1.54, 1.807) is 0 Å². The average Bonchev–Trinajstić information content (AvgIpc) is 3.67. The second-order valence-electron chi connectivity index (χ2n) is 10.1. The van der Waals surface area contributed by atoms with Crippen LogP contribution in [-0.2, 0) is 26.2 Å². The minimum atomic E-state index is -0.730. The van der Waals surface area contributed by atoms with Crippen molar-refractivity contribution in [3.05, 3.63) is 112 Å². The van der Waals surface area contributed by atoms with Gasteiger partial charge in [0.1, 0.15) is 6.10 Å². The molecule has 5 rings (SSSR count). The van der Waals surface area contributed by atoms with Crippen LogP contribution >= 0.6 is 0 Å². The standard InChI is InChI=1S/C24H24NO.2C5H10.Zr/c1-17-11-10-12-18(2)23(17)25-19(3)22(20-13-6-4-7-14-20)24(26)21-15-8-5-9-16-21;2*1-2-4-5-3-1;/h4-16,24,26H,1-3H3;2*1-5H2;/q-1;;;+3/b22-19-;;;. The molecule has 2 saturated carbocycles. The molecule has 2 nitrogen and oxygen atoms in total. The number of aryl methyl sites for hydroxylation is 2. The van der Waals surface area contributed by atoms with E-state index in [-0.39, 0.29) is 26.2 Å². The molecule has 1 unspecified atom stereocenters. The predicted octanol–water partition coefficient (Wildman–Crippen LogP) is 10.4. The van der Waals surface area contributed by atoms with Gasteiger partial charge in [-0.15, -0.1) is 5.69 Å². The van der Waals surface area contributed by atoms with Gasteiger partial charge >= 0.3 is 26.2 Å². The molecule has 3 aromatic carbocycles. The Hall–Kier alpha value is -1.96. The maximum absolute atomic E-state index is 11.1. The molecule has 1 atom stereocenters. The first-order chi connectivity index (χ1) is 17.6. The summed E-state index contributed by atoms with van der Waals surface area (Å²) < 4.78 is 0. The Labute approximate surface area is 244 Å². The van der Waals surface area contributed by atoms with Crippen molar-refractivity contribution >= 4 is 11.3 Å². The van der Waals surface area contributed by atoms with Crippen LogP contribution < -0.4 is 0 Å². The number of benzene rings is 3. The first kappa shape index (κ1) is 31.3. The predicted molar refractivity (Wildman–Crippen MR) is 156 cm³/mol. The number of allylic oxidation sites excluding steroid dienone is 1. The molecule has 0 spiro atoms. The molecule has 2 aliphatic carbocycles. The molecule has 0 aromatic heterocycles.